The van der Waals surface area contributed by atoms with Gasteiger partial charge in [-0.15, -0.1) is 0 Å². The van der Waals surface area contributed by atoms with Crippen molar-refractivity contribution in [2.75, 3.05) is 0 Å². The first-order chi connectivity index (χ1) is 7.32. The maximum atomic E-state index is 9.86. The zero-order valence-electron chi connectivity index (χ0n) is 10.3. The third-order valence-electron chi connectivity index (χ3n) is 2.93. The monoisotopic (exact) mass is 241 g/mol. The van der Waals surface area contributed by atoms with Crippen LogP contribution in [0.5, 0.6) is 0 Å². The molecule has 1 aromatic carbocycles. The van der Waals surface area contributed by atoms with Crippen LogP contribution in [-0.4, -0.2) is 16.7 Å². The number of nitrogens with one attached hydrogen (secondary N) is 1. The normalized spacial score (nSPS) is 15.9. The van der Waals surface area contributed by atoms with E-state index in [4.69, 9.17) is 11.6 Å². The first-order valence-corrected chi connectivity index (χ1v) is 5.93. The summed E-state index contributed by atoms with van der Waals surface area (Å²) in [5.41, 5.74) is 0.315. The topological polar surface area (TPSA) is 32.3 Å². The van der Waals surface area contributed by atoms with E-state index >= 15 is 0 Å². The van der Waals surface area contributed by atoms with Crippen molar-refractivity contribution in [1.82, 2.24) is 5.32 Å². The molecule has 1 unspecified atom stereocenters. The van der Waals surface area contributed by atoms with Crippen LogP contribution in [-0.2, 0) is 0 Å². The summed E-state index contributed by atoms with van der Waals surface area (Å²) in [5.74, 6) is 0. The lowest BCUT2D eigenvalue weighted by Gasteiger charge is -2.30. The fourth-order valence-corrected chi connectivity index (χ4v) is 1.79. The van der Waals surface area contributed by atoms with Gasteiger partial charge in [0.25, 0.3) is 0 Å². The Morgan fingerprint density at radius 1 is 1.25 bits per heavy atom. The molecular formula is C13H20ClNO. The lowest BCUT2D eigenvalue weighted by Crippen LogP contribution is -2.45. The van der Waals surface area contributed by atoms with Gasteiger partial charge in [0.15, 0.2) is 0 Å². The van der Waals surface area contributed by atoms with Gasteiger partial charge in [0.1, 0.15) is 0 Å². The minimum Gasteiger partial charge on any atom is -0.389 e. The molecule has 3 heteroatoms. The standard InChI is InChI=1S/C13H20ClNO/c1-9(15-10(2)13(3,4)16)11-7-5-6-8-12(11)14/h5-10,15-16H,1-4H3/t9-,10?/m1/s1. The molecule has 0 aliphatic carbocycles. The molecule has 0 fully saturated rings. The van der Waals surface area contributed by atoms with Gasteiger partial charge in [0.05, 0.1) is 5.60 Å². The molecule has 2 atom stereocenters. The van der Waals surface area contributed by atoms with Crippen molar-refractivity contribution in [1.29, 1.82) is 0 Å². The van der Waals surface area contributed by atoms with E-state index in [0.717, 1.165) is 10.6 Å². The average Bonchev–Trinajstić information content (AvgIpc) is 2.16. The molecule has 0 aromatic heterocycles. The molecule has 1 rings (SSSR count). The molecule has 0 bridgehead atoms. The van der Waals surface area contributed by atoms with Gasteiger partial charge in [0, 0.05) is 17.1 Å². The predicted octanol–water partition coefficient (Wildman–Crippen LogP) is 3.15. The second-order valence-corrected chi connectivity index (χ2v) is 5.19. The molecular weight excluding hydrogens is 222 g/mol. The maximum Gasteiger partial charge on any atom is 0.0741 e. The average molecular weight is 242 g/mol. The molecule has 2 nitrogen and oxygen atoms in total. The van der Waals surface area contributed by atoms with Crippen molar-refractivity contribution in [2.45, 2.75) is 45.4 Å². The summed E-state index contributed by atoms with van der Waals surface area (Å²) in [6, 6.07) is 7.88. The zero-order chi connectivity index (χ0) is 12.3. The summed E-state index contributed by atoms with van der Waals surface area (Å²) in [6.45, 7) is 7.60. The molecule has 0 aliphatic rings. The molecule has 0 heterocycles. The molecule has 0 saturated heterocycles. The van der Waals surface area contributed by atoms with Gasteiger partial charge in [-0.3, -0.25) is 0 Å². The van der Waals surface area contributed by atoms with Crippen LogP contribution in [0.25, 0.3) is 0 Å². The molecule has 2 N–H and O–H groups in total. The van der Waals surface area contributed by atoms with E-state index in [2.05, 4.69) is 5.32 Å². The van der Waals surface area contributed by atoms with E-state index in [-0.39, 0.29) is 12.1 Å². The molecule has 90 valence electrons. The van der Waals surface area contributed by atoms with Crippen molar-refractivity contribution in [2.24, 2.45) is 0 Å². The van der Waals surface area contributed by atoms with Crippen LogP contribution >= 0.6 is 11.6 Å². The van der Waals surface area contributed by atoms with Crippen LogP contribution in [0.15, 0.2) is 24.3 Å². The summed E-state index contributed by atoms with van der Waals surface area (Å²) >= 11 is 6.11. The van der Waals surface area contributed by atoms with Gasteiger partial charge in [-0.1, -0.05) is 29.8 Å². The van der Waals surface area contributed by atoms with Crippen LogP contribution in [0.3, 0.4) is 0 Å². The number of halogens is 1. The highest BCUT2D eigenvalue weighted by Crippen LogP contribution is 2.23. The first kappa shape index (κ1) is 13.5. The van der Waals surface area contributed by atoms with Gasteiger partial charge < -0.3 is 10.4 Å². The lowest BCUT2D eigenvalue weighted by molar-refractivity contribution is 0.0405. The fraction of sp³-hybridized carbons (Fsp3) is 0.538. The molecule has 1 aromatic rings. The Bertz CT molecular complexity index is 346. The molecule has 0 saturated carbocycles. The van der Waals surface area contributed by atoms with Gasteiger partial charge >= 0.3 is 0 Å². The number of benzene rings is 1. The van der Waals surface area contributed by atoms with Crippen molar-refractivity contribution in [3.05, 3.63) is 34.9 Å². The molecule has 0 spiro atoms. The third kappa shape index (κ3) is 3.48. The van der Waals surface area contributed by atoms with Gasteiger partial charge in [-0.2, -0.15) is 0 Å². The van der Waals surface area contributed by atoms with Crippen LogP contribution in [0.1, 0.15) is 39.3 Å². The van der Waals surface area contributed by atoms with E-state index in [1.54, 1.807) is 13.8 Å². The van der Waals surface area contributed by atoms with Crippen LogP contribution in [0.2, 0.25) is 5.02 Å². The second kappa shape index (κ2) is 5.17. The summed E-state index contributed by atoms with van der Waals surface area (Å²) < 4.78 is 0. The maximum absolute atomic E-state index is 9.86. The van der Waals surface area contributed by atoms with Crippen LogP contribution in [0.4, 0.5) is 0 Å². The van der Waals surface area contributed by atoms with E-state index < -0.39 is 5.60 Å². The summed E-state index contributed by atoms with van der Waals surface area (Å²) in [5, 5.41) is 14.0. The van der Waals surface area contributed by atoms with Crippen LogP contribution in [0, 0.1) is 0 Å². The Hall–Kier alpha value is -0.570. The van der Waals surface area contributed by atoms with Crippen molar-refractivity contribution >= 4 is 11.6 Å². The highest BCUT2D eigenvalue weighted by Gasteiger charge is 2.24. The number of hydrogen-bond acceptors (Lipinski definition) is 2. The lowest BCUT2D eigenvalue weighted by atomic mass is 9.98. The highest BCUT2D eigenvalue weighted by atomic mass is 35.5. The van der Waals surface area contributed by atoms with E-state index in [0.29, 0.717) is 0 Å². The molecule has 0 aliphatic heterocycles. The Morgan fingerprint density at radius 2 is 1.81 bits per heavy atom. The summed E-state index contributed by atoms with van der Waals surface area (Å²) in [6.07, 6.45) is 0. The SMILES string of the molecule is CC(N[C@H](C)c1ccccc1Cl)C(C)(C)O. The van der Waals surface area contributed by atoms with Crippen molar-refractivity contribution < 1.29 is 5.11 Å². The number of aliphatic hydroxyl groups is 1. The largest absolute Gasteiger partial charge is 0.389 e. The minimum atomic E-state index is -0.741. The second-order valence-electron chi connectivity index (χ2n) is 4.79. The Morgan fingerprint density at radius 3 is 2.31 bits per heavy atom. The minimum absolute atomic E-state index is 0.00114. The number of hydrogen-bond donors (Lipinski definition) is 2. The molecule has 0 radical (unpaired) electrons. The smallest absolute Gasteiger partial charge is 0.0741 e. The summed E-state index contributed by atoms with van der Waals surface area (Å²) in [4.78, 5) is 0. The highest BCUT2D eigenvalue weighted by molar-refractivity contribution is 6.31. The van der Waals surface area contributed by atoms with Gasteiger partial charge in [-0.05, 0) is 39.3 Å². The van der Waals surface area contributed by atoms with E-state index in [1.165, 1.54) is 0 Å². The van der Waals surface area contributed by atoms with Crippen LogP contribution < -0.4 is 5.32 Å². The Balaban J connectivity index is 2.73. The Labute approximate surface area is 103 Å². The first-order valence-electron chi connectivity index (χ1n) is 5.55. The Kier molecular flexibility index (Phi) is 4.36. The van der Waals surface area contributed by atoms with Gasteiger partial charge in [-0.25, -0.2) is 0 Å². The zero-order valence-corrected chi connectivity index (χ0v) is 11.0. The van der Waals surface area contributed by atoms with E-state index in [9.17, 15) is 5.11 Å². The van der Waals surface area contributed by atoms with E-state index in [1.807, 2.05) is 38.1 Å². The van der Waals surface area contributed by atoms with Crippen molar-refractivity contribution in [3.8, 4) is 0 Å². The molecule has 0 amide bonds. The molecule has 16 heavy (non-hydrogen) atoms. The van der Waals surface area contributed by atoms with Crippen molar-refractivity contribution in [3.63, 3.8) is 0 Å². The van der Waals surface area contributed by atoms with Gasteiger partial charge in [0.2, 0.25) is 0 Å². The fourth-order valence-electron chi connectivity index (χ4n) is 1.49. The predicted molar refractivity (Wildman–Crippen MR) is 68.8 cm³/mol. The summed E-state index contributed by atoms with van der Waals surface area (Å²) in [7, 11) is 0. The number of rotatable bonds is 4. The third-order valence-corrected chi connectivity index (χ3v) is 3.28. The quantitative estimate of drug-likeness (QED) is 0.849.